The monoisotopic (exact) mass is 312 g/mol. The van der Waals surface area contributed by atoms with Gasteiger partial charge in [0.2, 0.25) is 5.91 Å². The Kier molecular flexibility index (Phi) is 4.12. The van der Waals surface area contributed by atoms with Gasteiger partial charge in [0, 0.05) is 11.4 Å². The highest BCUT2D eigenvalue weighted by Gasteiger charge is 2.34. The fraction of sp³-hybridized carbons (Fsp3) is 0.278. The molecule has 1 fully saturated rings. The summed E-state index contributed by atoms with van der Waals surface area (Å²) in [5.41, 5.74) is 9.92. The molecule has 0 aliphatic carbocycles. The second kappa shape index (κ2) is 6.05. The van der Waals surface area contributed by atoms with E-state index in [1.54, 1.807) is 11.8 Å². The van der Waals surface area contributed by atoms with Crippen LogP contribution in [0.4, 0.5) is 11.4 Å². The van der Waals surface area contributed by atoms with Crippen LogP contribution in [0.3, 0.4) is 0 Å². The zero-order chi connectivity index (χ0) is 15.7. The van der Waals surface area contributed by atoms with Gasteiger partial charge in [-0.2, -0.15) is 0 Å². The van der Waals surface area contributed by atoms with E-state index in [0.29, 0.717) is 11.7 Å². The summed E-state index contributed by atoms with van der Waals surface area (Å²) in [5, 5.41) is 0.000833. The molecule has 3 nitrogen and oxygen atoms in total. The SMILES string of the molecule is CC(C)c1ccc(N2C(=O)CS[C@H]2c2cccc(N)c2)cc1. The molecule has 1 atom stereocenters. The molecule has 0 unspecified atom stereocenters. The predicted octanol–water partition coefficient (Wildman–Crippen LogP) is 4.17. The molecule has 0 radical (unpaired) electrons. The standard InChI is InChI=1S/C18H20N2OS/c1-12(2)13-6-8-16(9-7-13)20-17(21)11-22-18(20)14-4-3-5-15(19)10-14/h3-10,12,18H,11,19H2,1-2H3/t18-/m0/s1. The number of benzene rings is 2. The Balaban J connectivity index is 1.94. The van der Waals surface area contributed by atoms with Gasteiger partial charge in [0.1, 0.15) is 5.37 Å². The van der Waals surface area contributed by atoms with Gasteiger partial charge in [0.15, 0.2) is 0 Å². The number of anilines is 2. The van der Waals surface area contributed by atoms with Crippen molar-refractivity contribution in [2.45, 2.75) is 25.1 Å². The fourth-order valence-corrected chi connectivity index (χ4v) is 3.85. The molecular formula is C18H20N2OS. The lowest BCUT2D eigenvalue weighted by Crippen LogP contribution is -2.27. The molecule has 1 aliphatic heterocycles. The molecule has 0 spiro atoms. The summed E-state index contributed by atoms with van der Waals surface area (Å²) in [7, 11) is 0. The number of rotatable bonds is 3. The van der Waals surface area contributed by atoms with Gasteiger partial charge in [-0.3, -0.25) is 9.69 Å². The third-order valence-electron chi connectivity index (χ3n) is 3.90. The quantitative estimate of drug-likeness (QED) is 0.865. The summed E-state index contributed by atoms with van der Waals surface area (Å²) in [6.45, 7) is 4.34. The second-order valence-corrected chi connectivity index (χ2v) is 6.91. The molecule has 114 valence electrons. The van der Waals surface area contributed by atoms with Crippen LogP contribution in [0.1, 0.15) is 36.3 Å². The average molecular weight is 312 g/mol. The largest absolute Gasteiger partial charge is 0.399 e. The van der Waals surface area contributed by atoms with Crippen molar-refractivity contribution in [1.29, 1.82) is 0 Å². The van der Waals surface area contributed by atoms with E-state index in [-0.39, 0.29) is 11.3 Å². The number of hydrogen-bond donors (Lipinski definition) is 1. The molecule has 2 N–H and O–H groups in total. The average Bonchev–Trinajstić information content (AvgIpc) is 2.89. The minimum atomic E-state index is 0.000833. The molecule has 1 aliphatic rings. The molecule has 0 bridgehead atoms. The molecule has 1 saturated heterocycles. The van der Waals surface area contributed by atoms with Crippen molar-refractivity contribution >= 4 is 29.0 Å². The number of amides is 1. The van der Waals surface area contributed by atoms with Gasteiger partial charge < -0.3 is 5.73 Å². The first-order chi connectivity index (χ1) is 10.6. The second-order valence-electron chi connectivity index (χ2n) is 5.84. The highest BCUT2D eigenvalue weighted by molar-refractivity contribution is 8.00. The van der Waals surface area contributed by atoms with Gasteiger partial charge >= 0.3 is 0 Å². The van der Waals surface area contributed by atoms with Crippen LogP contribution in [-0.2, 0) is 4.79 Å². The molecule has 1 amide bonds. The Morgan fingerprint density at radius 3 is 2.55 bits per heavy atom. The number of carbonyl (C=O) groups is 1. The van der Waals surface area contributed by atoms with Gasteiger partial charge in [-0.25, -0.2) is 0 Å². The Hall–Kier alpha value is -1.94. The van der Waals surface area contributed by atoms with E-state index in [1.165, 1.54) is 5.56 Å². The van der Waals surface area contributed by atoms with Crippen molar-refractivity contribution in [2.24, 2.45) is 0 Å². The van der Waals surface area contributed by atoms with Gasteiger partial charge in [-0.05, 0) is 41.3 Å². The maximum atomic E-state index is 12.3. The summed E-state index contributed by atoms with van der Waals surface area (Å²) in [4.78, 5) is 14.2. The van der Waals surface area contributed by atoms with Crippen molar-refractivity contribution in [3.63, 3.8) is 0 Å². The summed E-state index contributed by atoms with van der Waals surface area (Å²) >= 11 is 1.65. The van der Waals surface area contributed by atoms with Crippen LogP contribution >= 0.6 is 11.8 Å². The summed E-state index contributed by atoms with van der Waals surface area (Å²) in [6.07, 6.45) is 0. The first-order valence-electron chi connectivity index (χ1n) is 7.45. The van der Waals surface area contributed by atoms with Gasteiger partial charge in [0.05, 0.1) is 5.75 Å². The molecule has 22 heavy (non-hydrogen) atoms. The van der Waals surface area contributed by atoms with Crippen molar-refractivity contribution in [3.8, 4) is 0 Å². The maximum absolute atomic E-state index is 12.3. The topological polar surface area (TPSA) is 46.3 Å². The minimum absolute atomic E-state index is 0.000833. The van der Waals surface area contributed by atoms with Crippen LogP contribution in [-0.4, -0.2) is 11.7 Å². The number of nitrogens with two attached hydrogens (primary N) is 1. The Morgan fingerprint density at radius 2 is 1.91 bits per heavy atom. The minimum Gasteiger partial charge on any atom is -0.399 e. The first kappa shape index (κ1) is 15.0. The molecule has 4 heteroatoms. The van der Waals surface area contributed by atoms with Crippen LogP contribution in [0.15, 0.2) is 48.5 Å². The molecule has 0 saturated carbocycles. The molecule has 0 aromatic heterocycles. The maximum Gasteiger partial charge on any atom is 0.238 e. The van der Waals surface area contributed by atoms with E-state index >= 15 is 0 Å². The number of thioether (sulfide) groups is 1. The molecule has 2 aromatic carbocycles. The van der Waals surface area contributed by atoms with Crippen molar-refractivity contribution in [3.05, 3.63) is 59.7 Å². The van der Waals surface area contributed by atoms with E-state index in [4.69, 9.17) is 5.73 Å². The Morgan fingerprint density at radius 1 is 1.18 bits per heavy atom. The summed E-state index contributed by atoms with van der Waals surface area (Å²) in [5.74, 6) is 1.14. The highest BCUT2D eigenvalue weighted by atomic mass is 32.2. The number of nitrogen functional groups attached to an aromatic ring is 1. The summed E-state index contributed by atoms with van der Waals surface area (Å²) < 4.78 is 0. The van der Waals surface area contributed by atoms with E-state index in [1.807, 2.05) is 41.3 Å². The van der Waals surface area contributed by atoms with Gasteiger partial charge in [-0.1, -0.05) is 38.1 Å². The number of nitrogens with zero attached hydrogens (tertiary/aromatic N) is 1. The van der Waals surface area contributed by atoms with Crippen LogP contribution in [0.25, 0.3) is 0 Å². The molecular weight excluding hydrogens is 292 g/mol. The zero-order valence-corrected chi connectivity index (χ0v) is 13.6. The predicted molar refractivity (Wildman–Crippen MR) is 94.1 cm³/mol. The fourth-order valence-electron chi connectivity index (χ4n) is 2.68. The van der Waals surface area contributed by atoms with E-state index < -0.39 is 0 Å². The van der Waals surface area contributed by atoms with Crippen molar-refractivity contribution in [1.82, 2.24) is 0 Å². The third-order valence-corrected chi connectivity index (χ3v) is 5.11. The van der Waals surface area contributed by atoms with Gasteiger partial charge in [0.25, 0.3) is 0 Å². The smallest absolute Gasteiger partial charge is 0.238 e. The van der Waals surface area contributed by atoms with Crippen molar-refractivity contribution < 1.29 is 4.79 Å². The lowest BCUT2D eigenvalue weighted by Gasteiger charge is -2.25. The highest BCUT2D eigenvalue weighted by Crippen LogP contribution is 2.42. The van der Waals surface area contributed by atoms with Crippen molar-refractivity contribution in [2.75, 3.05) is 16.4 Å². The normalized spacial score (nSPS) is 18.2. The van der Waals surface area contributed by atoms with E-state index in [0.717, 1.165) is 16.9 Å². The lowest BCUT2D eigenvalue weighted by molar-refractivity contribution is -0.115. The summed E-state index contributed by atoms with van der Waals surface area (Å²) in [6, 6.07) is 16.1. The zero-order valence-electron chi connectivity index (χ0n) is 12.8. The van der Waals surface area contributed by atoms with Gasteiger partial charge in [-0.15, -0.1) is 11.8 Å². The molecule has 2 aromatic rings. The number of carbonyl (C=O) groups excluding carboxylic acids is 1. The van der Waals surface area contributed by atoms with Crippen LogP contribution in [0.2, 0.25) is 0 Å². The van der Waals surface area contributed by atoms with Crippen LogP contribution in [0, 0.1) is 0 Å². The van der Waals surface area contributed by atoms with Crippen LogP contribution < -0.4 is 10.6 Å². The third kappa shape index (κ3) is 2.83. The Bertz CT molecular complexity index is 682. The molecule has 3 rings (SSSR count). The lowest BCUT2D eigenvalue weighted by atomic mass is 10.0. The van der Waals surface area contributed by atoms with Crippen LogP contribution in [0.5, 0.6) is 0 Å². The number of hydrogen-bond acceptors (Lipinski definition) is 3. The first-order valence-corrected chi connectivity index (χ1v) is 8.50. The molecule has 1 heterocycles. The van der Waals surface area contributed by atoms with E-state index in [2.05, 4.69) is 26.0 Å². The van der Waals surface area contributed by atoms with E-state index in [9.17, 15) is 4.79 Å². The Labute approximate surface area is 135 Å².